The number of halogens is 3. The molecule has 94 valence electrons. The van der Waals surface area contributed by atoms with E-state index >= 15 is 0 Å². The molecule has 0 amide bonds. The molecule has 0 aliphatic carbocycles. The number of hydrogen-bond acceptors (Lipinski definition) is 2. The smallest absolute Gasteiger partial charge is 0.306 e. The molecule has 3 nitrogen and oxygen atoms in total. The minimum absolute atomic E-state index is 0.00935. The SMILES string of the molecule is COc1c(CC(C)C(=O)O)cc(Cl)c(F)c1F. The van der Waals surface area contributed by atoms with Crippen molar-refractivity contribution in [2.75, 3.05) is 7.11 Å². The van der Waals surface area contributed by atoms with Crippen LogP contribution in [0.3, 0.4) is 0 Å². The fourth-order valence-corrected chi connectivity index (χ4v) is 1.63. The van der Waals surface area contributed by atoms with Crippen LogP contribution in [0.4, 0.5) is 8.78 Å². The van der Waals surface area contributed by atoms with Crippen molar-refractivity contribution < 1.29 is 23.4 Å². The van der Waals surface area contributed by atoms with E-state index in [0.29, 0.717) is 0 Å². The Hall–Kier alpha value is -1.36. The molecule has 0 saturated heterocycles. The summed E-state index contributed by atoms with van der Waals surface area (Å²) in [6.07, 6.45) is 0.00935. The maximum atomic E-state index is 13.4. The second kappa shape index (κ2) is 5.31. The molecular formula is C11H11ClF2O3. The van der Waals surface area contributed by atoms with Crippen molar-refractivity contribution >= 4 is 17.6 Å². The molecule has 1 rings (SSSR count). The highest BCUT2D eigenvalue weighted by atomic mass is 35.5. The van der Waals surface area contributed by atoms with Crippen LogP contribution in [-0.2, 0) is 11.2 Å². The van der Waals surface area contributed by atoms with E-state index in [9.17, 15) is 13.6 Å². The molecule has 0 bridgehead atoms. The summed E-state index contributed by atoms with van der Waals surface area (Å²) in [4.78, 5) is 10.7. The fraction of sp³-hybridized carbons (Fsp3) is 0.364. The van der Waals surface area contributed by atoms with E-state index in [0.717, 1.165) is 0 Å². The topological polar surface area (TPSA) is 46.5 Å². The summed E-state index contributed by atoms with van der Waals surface area (Å²) >= 11 is 5.49. The highest BCUT2D eigenvalue weighted by Gasteiger charge is 2.21. The number of rotatable bonds is 4. The first-order valence-electron chi connectivity index (χ1n) is 4.81. The molecule has 0 aromatic heterocycles. The van der Waals surface area contributed by atoms with Crippen molar-refractivity contribution in [2.24, 2.45) is 5.92 Å². The number of ether oxygens (including phenoxy) is 1. The van der Waals surface area contributed by atoms with Crippen molar-refractivity contribution in [3.63, 3.8) is 0 Å². The Morgan fingerprint density at radius 2 is 2.12 bits per heavy atom. The Balaban J connectivity index is 3.19. The van der Waals surface area contributed by atoms with Gasteiger partial charge in [-0.1, -0.05) is 18.5 Å². The van der Waals surface area contributed by atoms with E-state index < -0.39 is 28.5 Å². The van der Waals surface area contributed by atoms with Gasteiger partial charge in [0.15, 0.2) is 11.6 Å². The molecule has 0 spiro atoms. The number of benzene rings is 1. The van der Waals surface area contributed by atoms with Crippen LogP contribution in [0.2, 0.25) is 5.02 Å². The number of aliphatic carboxylic acids is 1. The van der Waals surface area contributed by atoms with E-state index in [1.165, 1.54) is 20.1 Å². The molecule has 6 heteroatoms. The summed E-state index contributed by atoms with van der Waals surface area (Å²) in [5.41, 5.74) is 0.228. The highest BCUT2D eigenvalue weighted by molar-refractivity contribution is 6.30. The Bertz CT molecular complexity index is 449. The second-order valence-electron chi connectivity index (χ2n) is 3.62. The molecular weight excluding hydrogens is 254 g/mol. The van der Waals surface area contributed by atoms with E-state index in [2.05, 4.69) is 0 Å². The third-order valence-electron chi connectivity index (χ3n) is 2.35. The zero-order chi connectivity index (χ0) is 13.2. The molecule has 1 aromatic carbocycles. The Morgan fingerprint density at radius 3 is 2.59 bits per heavy atom. The van der Waals surface area contributed by atoms with Crippen molar-refractivity contribution in [1.82, 2.24) is 0 Å². The summed E-state index contributed by atoms with van der Waals surface area (Å²) < 4.78 is 31.3. The fourth-order valence-electron chi connectivity index (χ4n) is 1.42. The lowest BCUT2D eigenvalue weighted by molar-refractivity contribution is -0.141. The Morgan fingerprint density at radius 1 is 1.53 bits per heavy atom. The molecule has 1 unspecified atom stereocenters. The average Bonchev–Trinajstić information content (AvgIpc) is 2.26. The lowest BCUT2D eigenvalue weighted by Gasteiger charge is -2.13. The predicted octanol–water partition coefficient (Wildman–Crippen LogP) is 2.89. The van der Waals surface area contributed by atoms with Crippen LogP contribution >= 0.6 is 11.6 Å². The normalized spacial score (nSPS) is 12.3. The van der Waals surface area contributed by atoms with Crippen LogP contribution in [0.5, 0.6) is 5.75 Å². The van der Waals surface area contributed by atoms with Crippen LogP contribution < -0.4 is 4.74 Å². The van der Waals surface area contributed by atoms with Gasteiger partial charge in [-0.05, 0) is 18.1 Å². The van der Waals surface area contributed by atoms with Gasteiger partial charge < -0.3 is 9.84 Å². The first-order chi connectivity index (χ1) is 7.88. The summed E-state index contributed by atoms with van der Waals surface area (Å²) in [5, 5.41) is 8.37. The molecule has 0 fully saturated rings. The Labute approximate surface area is 102 Å². The number of carboxylic acids is 1. The quantitative estimate of drug-likeness (QED) is 0.851. The van der Waals surface area contributed by atoms with E-state index in [-0.39, 0.29) is 17.7 Å². The molecule has 0 aliphatic rings. The molecule has 1 atom stereocenters. The molecule has 0 radical (unpaired) electrons. The van der Waals surface area contributed by atoms with Gasteiger partial charge in [-0.15, -0.1) is 0 Å². The van der Waals surface area contributed by atoms with Crippen molar-refractivity contribution in [3.8, 4) is 5.75 Å². The minimum Gasteiger partial charge on any atom is -0.493 e. The summed E-state index contributed by atoms with van der Waals surface area (Å²) in [6.45, 7) is 1.46. The minimum atomic E-state index is -1.20. The van der Waals surface area contributed by atoms with Gasteiger partial charge in [0.25, 0.3) is 0 Å². The van der Waals surface area contributed by atoms with Crippen molar-refractivity contribution in [1.29, 1.82) is 0 Å². The molecule has 0 aliphatic heterocycles. The van der Waals surface area contributed by atoms with Crippen LogP contribution in [0, 0.1) is 17.6 Å². The largest absolute Gasteiger partial charge is 0.493 e. The Kier molecular flexibility index (Phi) is 4.28. The van der Waals surface area contributed by atoms with Crippen LogP contribution in [0.1, 0.15) is 12.5 Å². The summed E-state index contributed by atoms with van der Waals surface area (Å²) in [7, 11) is 1.18. The lowest BCUT2D eigenvalue weighted by Crippen LogP contribution is -2.13. The lowest BCUT2D eigenvalue weighted by atomic mass is 10.00. The molecule has 17 heavy (non-hydrogen) atoms. The van der Waals surface area contributed by atoms with Crippen molar-refractivity contribution in [3.05, 3.63) is 28.3 Å². The number of methoxy groups -OCH3 is 1. The molecule has 0 saturated carbocycles. The van der Waals surface area contributed by atoms with Crippen LogP contribution in [0.15, 0.2) is 6.07 Å². The number of carboxylic acid groups (broad SMARTS) is 1. The monoisotopic (exact) mass is 264 g/mol. The van der Waals surface area contributed by atoms with Gasteiger partial charge >= 0.3 is 5.97 Å². The van der Waals surface area contributed by atoms with Crippen molar-refractivity contribution in [2.45, 2.75) is 13.3 Å². The highest BCUT2D eigenvalue weighted by Crippen LogP contribution is 2.31. The molecule has 1 N–H and O–H groups in total. The first kappa shape index (κ1) is 13.7. The number of hydrogen-bond donors (Lipinski definition) is 1. The van der Waals surface area contributed by atoms with E-state index in [1.807, 2.05) is 0 Å². The van der Waals surface area contributed by atoms with E-state index in [4.69, 9.17) is 21.4 Å². The van der Waals surface area contributed by atoms with Gasteiger partial charge in [-0.25, -0.2) is 4.39 Å². The summed E-state index contributed by atoms with van der Waals surface area (Å²) in [6, 6.07) is 1.18. The van der Waals surface area contributed by atoms with Crippen LogP contribution in [0.25, 0.3) is 0 Å². The maximum Gasteiger partial charge on any atom is 0.306 e. The first-order valence-corrected chi connectivity index (χ1v) is 5.19. The van der Waals surface area contributed by atoms with Gasteiger partial charge in [0.2, 0.25) is 5.82 Å². The van der Waals surface area contributed by atoms with Gasteiger partial charge in [0.1, 0.15) is 0 Å². The summed E-state index contributed by atoms with van der Waals surface area (Å²) in [5.74, 6) is -4.49. The number of carbonyl (C=O) groups is 1. The van der Waals surface area contributed by atoms with Gasteiger partial charge in [-0.2, -0.15) is 4.39 Å². The predicted molar refractivity (Wildman–Crippen MR) is 58.4 cm³/mol. The maximum absolute atomic E-state index is 13.4. The standard InChI is InChI=1S/C11H11ClF2O3/c1-5(11(15)16)3-6-4-7(12)8(13)9(14)10(6)17-2/h4-5H,3H2,1-2H3,(H,15,16). The third-order valence-corrected chi connectivity index (χ3v) is 2.62. The van der Waals surface area contributed by atoms with Gasteiger partial charge in [0, 0.05) is 0 Å². The van der Waals surface area contributed by atoms with Gasteiger partial charge in [-0.3, -0.25) is 4.79 Å². The zero-order valence-corrected chi connectivity index (χ0v) is 10.0. The second-order valence-corrected chi connectivity index (χ2v) is 4.03. The average molecular weight is 265 g/mol. The zero-order valence-electron chi connectivity index (χ0n) is 9.26. The van der Waals surface area contributed by atoms with Gasteiger partial charge in [0.05, 0.1) is 18.1 Å². The molecule has 1 aromatic rings. The molecule has 0 heterocycles. The van der Waals surface area contributed by atoms with Crippen LogP contribution in [-0.4, -0.2) is 18.2 Å². The third kappa shape index (κ3) is 2.85. The van der Waals surface area contributed by atoms with E-state index in [1.54, 1.807) is 0 Å².